The van der Waals surface area contributed by atoms with Crippen molar-refractivity contribution < 1.29 is 4.79 Å². The quantitative estimate of drug-likeness (QED) is 0.833. The molecule has 86 valence electrons. The molecule has 1 aromatic rings. The van der Waals surface area contributed by atoms with Gasteiger partial charge in [-0.3, -0.25) is 9.48 Å². The fourth-order valence-electron chi connectivity index (χ4n) is 1.35. The number of amides is 1. The molecular weight excluding hydrogens is 204 g/mol. The lowest BCUT2D eigenvalue weighted by Crippen LogP contribution is -2.42. The molecule has 0 radical (unpaired) electrons. The van der Waals surface area contributed by atoms with Crippen LogP contribution in [0.25, 0.3) is 0 Å². The molecule has 0 bridgehead atoms. The van der Waals surface area contributed by atoms with Crippen LogP contribution in [0.1, 0.15) is 37.0 Å². The lowest BCUT2D eigenvalue weighted by molar-refractivity contribution is 0.0918. The van der Waals surface area contributed by atoms with Crippen molar-refractivity contribution in [3.63, 3.8) is 0 Å². The topological polar surface area (TPSA) is 70.7 Å². The van der Waals surface area contributed by atoms with Crippen molar-refractivity contribution in [2.24, 2.45) is 0 Å². The Bertz CT molecular complexity index is 439. The minimum atomic E-state index is -0.867. The lowest BCUT2D eigenvalue weighted by Gasteiger charge is -2.17. The number of hydrogen-bond acceptors (Lipinski definition) is 3. The van der Waals surface area contributed by atoms with Gasteiger partial charge < -0.3 is 5.32 Å². The first kappa shape index (κ1) is 12.2. The minimum Gasteiger partial charge on any atom is -0.333 e. The highest BCUT2D eigenvalue weighted by Gasteiger charge is 2.22. The van der Waals surface area contributed by atoms with Crippen molar-refractivity contribution in [3.05, 3.63) is 17.5 Å². The average Bonchev–Trinajstić information content (AvgIpc) is 2.59. The molecule has 0 aliphatic carbocycles. The van der Waals surface area contributed by atoms with Crippen molar-refractivity contribution >= 4 is 5.91 Å². The van der Waals surface area contributed by atoms with Gasteiger partial charge in [-0.25, -0.2) is 0 Å². The van der Waals surface area contributed by atoms with Crippen LogP contribution in [0.15, 0.2) is 6.07 Å². The highest BCUT2D eigenvalue weighted by Crippen LogP contribution is 2.07. The molecule has 0 aliphatic rings. The van der Waals surface area contributed by atoms with E-state index < -0.39 is 5.54 Å². The van der Waals surface area contributed by atoms with Gasteiger partial charge in [-0.1, -0.05) is 0 Å². The van der Waals surface area contributed by atoms with Gasteiger partial charge in [0, 0.05) is 6.54 Å². The normalized spacial score (nSPS) is 10.9. The van der Waals surface area contributed by atoms with E-state index in [0.29, 0.717) is 12.2 Å². The van der Waals surface area contributed by atoms with E-state index in [2.05, 4.69) is 10.4 Å². The molecule has 0 spiro atoms. The van der Waals surface area contributed by atoms with E-state index in [-0.39, 0.29) is 5.91 Å². The van der Waals surface area contributed by atoms with Crippen LogP contribution in [0.5, 0.6) is 0 Å². The molecule has 0 fully saturated rings. The molecule has 0 saturated heterocycles. The number of carbonyl (C=O) groups excluding carboxylic acids is 1. The Labute approximate surface area is 95.1 Å². The predicted molar refractivity (Wildman–Crippen MR) is 59.8 cm³/mol. The third kappa shape index (κ3) is 2.60. The highest BCUT2D eigenvalue weighted by atomic mass is 16.2. The van der Waals surface area contributed by atoms with Crippen LogP contribution in [0, 0.1) is 18.3 Å². The van der Waals surface area contributed by atoms with Gasteiger partial charge in [0.15, 0.2) is 0 Å². The van der Waals surface area contributed by atoms with Gasteiger partial charge in [0.25, 0.3) is 5.91 Å². The third-order valence-electron chi connectivity index (χ3n) is 2.14. The minimum absolute atomic E-state index is 0.269. The predicted octanol–water partition coefficient (Wildman–Crippen LogP) is 1.24. The van der Waals surface area contributed by atoms with Crippen LogP contribution < -0.4 is 5.32 Å². The van der Waals surface area contributed by atoms with Gasteiger partial charge in [0.2, 0.25) is 0 Å². The molecule has 5 heteroatoms. The Morgan fingerprint density at radius 1 is 1.69 bits per heavy atom. The van der Waals surface area contributed by atoms with Crippen molar-refractivity contribution in [1.29, 1.82) is 5.26 Å². The third-order valence-corrected chi connectivity index (χ3v) is 2.14. The maximum Gasteiger partial charge on any atom is 0.270 e. The summed E-state index contributed by atoms with van der Waals surface area (Å²) in [5, 5.41) is 15.7. The SMILES string of the molecule is CCn1nc(C)cc1C(=O)NC(C)(C)C#N. The first-order chi connectivity index (χ1) is 7.39. The Morgan fingerprint density at radius 3 is 2.81 bits per heavy atom. The summed E-state index contributed by atoms with van der Waals surface area (Å²) >= 11 is 0. The number of rotatable bonds is 3. The molecule has 0 aliphatic heterocycles. The van der Waals surface area contributed by atoms with Gasteiger partial charge in [-0.2, -0.15) is 10.4 Å². The summed E-state index contributed by atoms with van der Waals surface area (Å²) in [7, 11) is 0. The maximum absolute atomic E-state index is 11.9. The molecule has 1 rings (SSSR count). The summed E-state index contributed by atoms with van der Waals surface area (Å²) < 4.78 is 1.62. The smallest absolute Gasteiger partial charge is 0.270 e. The van der Waals surface area contributed by atoms with Crippen LogP contribution in [-0.4, -0.2) is 21.2 Å². The largest absolute Gasteiger partial charge is 0.333 e. The van der Waals surface area contributed by atoms with E-state index in [1.54, 1.807) is 24.6 Å². The Hall–Kier alpha value is -1.83. The molecule has 16 heavy (non-hydrogen) atoms. The zero-order valence-electron chi connectivity index (χ0n) is 10.0. The van der Waals surface area contributed by atoms with Crippen LogP contribution in [0.3, 0.4) is 0 Å². The van der Waals surface area contributed by atoms with E-state index in [4.69, 9.17) is 5.26 Å². The Kier molecular flexibility index (Phi) is 3.33. The fourth-order valence-corrected chi connectivity index (χ4v) is 1.35. The van der Waals surface area contributed by atoms with Gasteiger partial charge in [-0.05, 0) is 33.8 Å². The summed E-state index contributed by atoms with van der Waals surface area (Å²) in [5.41, 5.74) is 0.415. The molecule has 1 amide bonds. The summed E-state index contributed by atoms with van der Waals surface area (Å²) in [6.45, 7) is 7.69. The number of hydrogen-bond donors (Lipinski definition) is 1. The number of aryl methyl sites for hydroxylation is 2. The summed E-state index contributed by atoms with van der Waals surface area (Å²) in [6, 6.07) is 3.74. The molecule has 1 aromatic heterocycles. The van der Waals surface area contributed by atoms with Gasteiger partial charge in [-0.15, -0.1) is 0 Å². The number of carbonyl (C=O) groups is 1. The monoisotopic (exact) mass is 220 g/mol. The molecule has 0 saturated carbocycles. The average molecular weight is 220 g/mol. The standard InChI is InChI=1S/C11H16N4O/c1-5-15-9(6-8(2)14-15)10(16)13-11(3,4)7-12/h6H,5H2,1-4H3,(H,13,16). The molecule has 0 aromatic carbocycles. The second-order valence-electron chi connectivity index (χ2n) is 4.18. The Morgan fingerprint density at radius 2 is 2.31 bits per heavy atom. The molecule has 1 N–H and O–H groups in total. The summed E-state index contributed by atoms with van der Waals surface area (Å²) in [4.78, 5) is 11.9. The van der Waals surface area contributed by atoms with Crippen LogP contribution in [-0.2, 0) is 6.54 Å². The lowest BCUT2D eigenvalue weighted by atomic mass is 10.1. The van der Waals surface area contributed by atoms with Crippen LogP contribution in [0.4, 0.5) is 0 Å². The van der Waals surface area contributed by atoms with Crippen LogP contribution in [0.2, 0.25) is 0 Å². The molecule has 0 unspecified atom stereocenters. The van der Waals surface area contributed by atoms with E-state index in [1.165, 1.54) is 0 Å². The Balaban J connectivity index is 2.93. The van der Waals surface area contributed by atoms with Gasteiger partial charge >= 0.3 is 0 Å². The first-order valence-corrected chi connectivity index (χ1v) is 5.18. The van der Waals surface area contributed by atoms with Crippen molar-refractivity contribution in [2.75, 3.05) is 0 Å². The van der Waals surface area contributed by atoms with Gasteiger partial charge in [0.1, 0.15) is 11.2 Å². The van der Waals surface area contributed by atoms with E-state index in [9.17, 15) is 4.79 Å². The second-order valence-corrected chi connectivity index (χ2v) is 4.18. The molecular formula is C11H16N4O. The van der Waals surface area contributed by atoms with Crippen molar-refractivity contribution in [2.45, 2.75) is 39.8 Å². The first-order valence-electron chi connectivity index (χ1n) is 5.18. The highest BCUT2D eigenvalue weighted by molar-refractivity contribution is 5.93. The summed E-state index contributed by atoms with van der Waals surface area (Å²) in [5.74, 6) is -0.269. The van der Waals surface area contributed by atoms with E-state index in [0.717, 1.165) is 5.69 Å². The summed E-state index contributed by atoms with van der Waals surface area (Å²) in [6.07, 6.45) is 0. The second kappa shape index (κ2) is 4.35. The number of nitriles is 1. The number of nitrogens with zero attached hydrogens (tertiary/aromatic N) is 3. The van der Waals surface area contributed by atoms with E-state index in [1.807, 2.05) is 19.9 Å². The van der Waals surface area contributed by atoms with E-state index >= 15 is 0 Å². The molecule has 1 heterocycles. The molecule has 5 nitrogen and oxygen atoms in total. The zero-order chi connectivity index (χ0) is 12.3. The number of nitrogens with one attached hydrogen (secondary N) is 1. The molecule has 0 atom stereocenters. The fraction of sp³-hybridized carbons (Fsp3) is 0.545. The zero-order valence-corrected chi connectivity index (χ0v) is 10.0. The maximum atomic E-state index is 11.9. The van der Waals surface area contributed by atoms with Crippen molar-refractivity contribution in [1.82, 2.24) is 15.1 Å². The van der Waals surface area contributed by atoms with Gasteiger partial charge in [0.05, 0.1) is 11.8 Å². The number of aromatic nitrogens is 2. The van der Waals surface area contributed by atoms with Crippen LogP contribution >= 0.6 is 0 Å². The van der Waals surface area contributed by atoms with Crippen molar-refractivity contribution in [3.8, 4) is 6.07 Å².